The van der Waals surface area contributed by atoms with Crippen molar-refractivity contribution in [2.45, 2.75) is 19.4 Å². The van der Waals surface area contributed by atoms with Crippen LogP contribution in [0.3, 0.4) is 0 Å². The van der Waals surface area contributed by atoms with Crippen LogP contribution in [0.15, 0.2) is 61.1 Å². The summed E-state index contributed by atoms with van der Waals surface area (Å²) >= 11 is 0. The predicted molar refractivity (Wildman–Crippen MR) is 131 cm³/mol. The fourth-order valence-corrected chi connectivity index (χ4v) is 4.97. The van der Waals surface area contributed by atoms with E-state index in [-0.39, 0.29) is 11.7 Å². The van der Waals surface area contributed by atoms with Crippen LogP contribution in [0.1, 0.15) is 28.0 Å². The zero-order valence-electron chi connectivity index (χ0n) is 19.4. The molecule has 35 heavy (non-hydrogen) atoms. The van der Waals surface area contributed by atoms with Gasteiger partial charge in [0.05, 0.1) is 31.3 Å². The van der Waals surface area contributed by atoms with Crippen molar-refractivity contribution in [3.05, 3.63) is 83.7 Å². The number of fused-ring (bicyclic) bond motifs is 2. The Labute approximate surface area is 202 Å². The number of amides is 1. The van der Waals surface area contributed by atoms with Gasteiger partial charge in [0.2, 0.25) is 0 Å². The van der Waals surface area contributed by atoms with E-state index in [1.165, 1.54) is 17.7 Å². The van der Waals surface area contributed by atoms with Gasteiger partial charge in [0, 0.05) is 43.6 Å². The van der Waals surface area contributed by atoms with Crippen LogP contribution in [-0.2, 0) is 17.7 Å². The zero-order chi connectivity index (χ0) is 23.8. The average molecular weight is 472 g/mol. The molecule has 2 aromatic heterocycles. The van der Waals surface area contributed by atoms with E-state index in [4.69, 9.17) is 4.74 Å². The van der Waals surface area contributed by atoms with Crippen molar-refractivity contribution in [3.63, 3.8) is 0 Å². The summed E-state index contributed by atoms with van der Waals surface area (Å²) in [5.41, 5.74) is 5.78. The van der Waals surface area contributed by atoms with E-state index in [0.717, 1.165) is 68.2 Å². The van der Waals surface area contributed by atoms with Gasteiger partial charge in [-0.2, -0.15) is 0 Å². The van der Waals surface area contributed by atoms with Gasteiger partial charge >= 0.3 is 0 Å². The molecule has 0 spiro atoms. The van der Waals surface area contributed by atoms with Gasteiger partial charge in [0.15, 0.2) is 5.65 Å². The number of nitrogens with zero attached hydrogens (tertiary/aromatic N) is 5. The number of hydrogen-bond donors (Lipinski definition) is 0. The van der Waals surface area contributed by atoms with Crippen LogP contribution in [0.25, 0.3) is 16.9 Å². The van der Waals surface area contributed by atoms with E-state index in [2.05, 4.69) is 39.1 Å². The number of halogens is 1. The number of carbonyl (C=O) groups is 1. The van der Waals surface area contributed by atoms with Crippen molar-refractivity contribution in [1.29, 1.82) is 0 Å². The van der Waals surface area contributed by atoms with Crippen molar-refractivity contribution in [2.24, 2.45) is 0 Å². The number of imidazole rings is 1. The molecule has 1 amide bonds. The lowest BCUT2D eigenvalue weighted by Crippen LogP contribution is -2.36. The molecule has 6 rings (SSSR count). The van der Waals surface area contributed by atoms with Crippen molar-refractivity contribution < 1.29 is 13.9 Å². The first-order chi connectivity index (χ1) is 17.2. The molecular weight excluding hydrogens is 445 g/mol. The molecule has 0 radical (unpaired) electrons. The minimum atomic E-state index is -0.281. The molecule has 7 nitrogen and oxygen atoms in total. The minimum Gasteiger partial charge on any atom is -0.379 e. The molecule has 8 heteroatoms. The van der Waals surface area contributed by atoms with Crippen molar-refractivity contribution in [1.82, 2.24) is 19.3 Å². The molecule has 0 unspecified atom stereocenters. The first-order valence-electron chi connectivity index (χ1n) is 12.0. The Kier molecular flexibility index (Phi) is 5.75. The molecule has 0 saturated carbocycles. The summed E-state index contributed by atoms with van der Waals surface area (Å²) in [6.07, 6.45) is 6.75. The van der Waals surface area contributed by atoms with E-state index >= 15 is 0 Å². The monoisotopic (exact) mass is 471 g/mol. The van der Waals surface area contributed by atoms with Crippen LogP contribution >= 0.6 is 0 Å². The molecule has 1 saturated heterocycles. The molecular formula is C27H26FN5O2. The summed E-state index contributed by atoms with van der Waals surface area (Å²) in [7, 11) is 0. The van der Waals surface area contributed by atoms with Gasteiger partial charge in [-0.05, 0) is 48.2 Å². The quantitative estimate of drug-likeness (QED) is 0.451. The van der Waals surface area contributed by atoms with Gasteiger partial charge in [0.1, 0.15) is 11.5 Å². The van der Waals surface area contributed by atoms with Crippen molar-refractivity contribution in [3.8, 4) is 11.3 Å². The van der Waals surface area contributed by atoms with E-state index in [0.29, 0.717) is 17.9 Å². The second kappa shape index (κ2) is 9.20. The SMILES string of the molecule is O=C(c1cn2c(-c3cccc(CN4CCOCC4)c3)cnc2cn1)N1CCCc2cc(F)ccc21. The Morgan fingerprint density at radius 2 is 1.91 bits per heavy atom. The highest BCUT2D eigenvalue weighted by molar-refractivity contribution is 6.05. The topological polar surface area (TPSA) is 63.0 Å². The number of hydrogen-bond acceptors (Lipinski definition) is 5. The smallest absolute Gasteiger partial charge is 0.278 e. The number of ether oxygens (including phenoxy) is 1. The van der Waals surface area contributed by atoms with E-state index < -0.39 is 0 Å². The molecule has 4 aromatic rings. The molecule has 2 aliphatic heterocycles. The lowest BCUT2D eigenvalue weighted by Gasteiger charge is -2.29. The van der Waals surface area contributed by atoms with Crippen LogP contribution in [0.5, 0.6) is 0 Å². The van der Waals surface area contributed by atoms with Crippen LogP contribution in [0.4, 0.5) is 10.1 Å². The Morgan fingerprint density at radius 1 is 1.03 bits per heavy atom. The molecule has 0 aliphatic carbocycles. The Balaban J connectivity index is 1.31. The maximum atomic E-state index is 13.7. The van der Waals surface area contributed by atoms with Crippen molar-refractivity contribution in [2.75, 3.05) is 37.7 Å². The third-order valence-corrected chi connectivity index (χ3v) is 6.75. The summed E-state index contributed by atoms with van der Waals surface area (Å²) in [4.78, 5) is 26.5. The largest absolute Gasteiger partial charge is 0.379 e. The van der Waals surface area contributed by atoms with E-state index in [1.54, 1.807) is 23.4 Å². The number of benzene rings is 2. The fraction of sp³-hybridized carbons (Fsp3) is 0.296. The standard InChI is InChI=1S/C27H26FN5O2/c28-22-6-7-24-21(14-22)5-2-8-32(24)27(34)23-18-33-25(15-30-26(33)16-29-23)20-4-1-3-19(13-20)17-31-9-11-35-12-10-31/h1,3-4,6-7,13-16,18H,2,5,8-12,17H2. The van der Waals surface area contributed by atoms with Gasteiger partial charge in [-0.1, -0.05) is 18.2 Å². The van der Waals surface area contributed by atoms with E-state index in [9.17, 15) is 9.18 Å². The van der Waals surface area contributed by atoms with Gasteiger partial charge < -0.3 is 9.64 Å². The van der Waals surface area contributed by atoms with Gasteiger partial charge in [-0.25, -0.2) is 14.4 Å². The number of aromatic nitrogens is 3. The second-order valence-electron chi connectivity index (χ2n) is 9.07. The highest BCUT2D eigenvalue weighted by Gasteiger charge is 2.25. The third-order valence-electron chi connectivity index (χ3n) is 6.75. The van der Waals surface area contributed by atoms with Gasteiger partial charge in [-0.3, -0.25) is 14.1 Å². The number of rotatable bonds is 4. The van der Waals surface area contributed by atoms with Crippen LogP contribution in [0, 0.1) is 5.82 Å². The Bertz CT molecular complexity index is 1400. The molecule has 0 N–H and O–H groups in total. The normalized spacial score (nSPS) is 16.4. The summed E-state index contributed by atoms with van der Waals surface area (Å²) in [5.74, 6) is -0.475. The second-order valence-corrected chi connectivity index (χ2v) is 9.07. The van der Waals surface area contributed by atoms with E-state index in [1.807, 2.05) is 10.6 Å². The lowest BCUT2D eigenvalue weighted by atomic mass is 10.0. The molecule has 0 atom stereocenters. The molecule has 178 valence electrons. The molecule has 0 bridgehead atoms. The molecule has 2 aliphatic rings. The lowest BCUT2D eigenvalue weighted by molar-refractivity contribution is 0.0342. The Hall–Kier alpha value is -3.62. The number of aryl methyl sites for hydroxylation is 1. The summed E-state index contributed by atoms with van der Waals surface area (Å²) in [6, 6.07) is 13.0. The summed E-state index contributed by atoms with van der Waals surface area (Å²) in [6.45, 7) is 4.86. The van der Waals surface area contributed by atoms with Crippen LogP contribution in [0.2, 0.25) is 0 Å². The highest BCUT2D eigenvalue weighted by Crippen LogP contribution is 2.29. The maximum Gasteiger partial charge on any atom is 0.278 e. The maximum absolute atomic E-state index is 13.7. The third kappa shape index (κ3) is 4.31. The Morgan fingerprint density at radius 3 is 2.80 bits per heavy atom. The molecule has 1 fully saturated rings. The average Bonchev–Trinajstić information content (AvgIpc) is 3.32. The molecule has 2 aromatic carbocycles. The first-order valence-corrected chi connectivity index (χ1v) is 12.0. The number of morpholine rings is 1. The van der Waals surface area contributed by atoms with Gasteiger partial charge in [0.25, 0.3) is 5.91 Å². The van der Waals surface area contributed by atoms with Crippen molar-refractivity contribution >= 4 is 17.2 Å². The molecule has 4 heterocycles. The minimum absolute atomic E-state index is 0.194. The van der Waals surface area contributed by atoms with Gasteiger partial charge in [-0.15, -0.1) is 0 Å². The highest BCUT2D eigenvalue weighted by atomic mass is 19.1. The summed E-state index contributed by atoms with van der Waals surface area (Å²) in [5, 5.41) is 0. The number of carbonyl (C=O) groups excluding carboxylic acids is 1. The summed E-state index contributed by atoms with van der Waals surface area (Å²) < 4.78 is 21.1. The number of anilines is 1. The van der Waals surface area contributed by atoms with Crippen LogP contribution in [-0.4, -0.2) is 58.0 Å². The predicted octanol–water partition coefficient (Wildman–Crippen LogP) is 3.96. The zero-order valence-corrected chi connectivity index (χ0v) is 19.4. The fourth-order valence-electron chi connectivity index (χ4n) is 4.97. The van der Waals surface area contributed by atoms with Crippen LogP contribution < -0.4 is 4.90 Å². The first kappa shape index (κ1) is 21.9.